The molecular weight excluding hydrogens is 322 g/mol. The van der Waals surface area contributed by atoms with E-state index in [-0.39, 0.29) is 12.5 Å². The van der Waals surface area contributed by atoms with Gasteiger partial charge in [-0.1, -0.05) is 24.3 Å². The van der Waals surface area contributed by atoms with Gasteiger partial charge in [0, 0.05) is 11.5 Å². The first-order valence-electron chi connectivity index (χ1n) is 7.90. The summed E-state index contributed by atoms with van der Waals surface area (Å²) in [5.74, 6) is -0.559. The molecule has 0 aliphatic heterocycles. The average Bonchev–Trinajstić information content (AvgIpc) is 2.89. The molecule has 6 heteroatoms. The third-order valence-corrected chi connectivity index (χ3v) is 3.35. The van der Waals surface area contributed by atoms with Crippen molar-refractivity contribution < 1.29 is 23.5 Å². The van der Waals surface area contributed by atoms with E-state index in [1.54, 1.807) is 26.8 Å². The molecule has 0 unspecified atom stereocenters. The maximum absolute atomic E-state index is 11.8. The maximum Gasteiger partial charge on any atom is 0.408 e. The molecule has 0 saturated carbocycles. The van der Waals surface area contributed by atoms with Gasteiger partial charge in [-0.2, -0.15) is 0 Å². The number of furan rings is 1. The standard InChI is InChI=1S/C19H19NO5/c1-19(2,3)25-18(22)20-11-16(21)24-17-10-14-8-12-6-4-5-7-13(12)9-15(14)23-17/h4-10H,11H2,1-3H3,(H,20,22). The Morgan fingerprint density at radius 1 is 1.04 bits per heavy atom. The number of fused-ring (bicyclic) bond motifs is 2. The zero-order valence-corrected chi connectivity index (χ0v) is 14.3. The predicted octanol–water partition coefficient (Wildman–Crippen LogP) is 4.02. The Bertz CT molecular complexity index is 883. The number of carbonyl (C=O) groups is 2. The van der Waals surface area contributed by atoms with Gasteiger partial charge in [0.15, 0.2) is 0 Å². The number of ether oxygens (including phenoxy) is 2. The number of amides is 1. The van der Waals surface area contributed by atoms with Gasteiger partial charge >= 0.3 is 12.1 Å². The van der Waals surface area contributed by atoms with Crippen LogP contribution in [0.1, 0.15) is 20.8 Å². The number of esters is 1. The van der Waals surface area contributed by atoms with E-state index in [4.69, 9.17) is 13.9 Å². The molecule has 2 aromatic carbocycles. The smallest absolute Gasteiger partial charge is 0.408 e. The van der Waals surface area contributed by atoms with Crippen LogP contribution in [0.15, 0.2) is 46.9 Å². The Morgan fingerprint density at radius 2 is 1.72 bits per heavy atom. The lowest BCUT2D eigenvalue weighted by atomic mass is 10.1. The van der Waals surface area contributed by atoms with Gasteiger partial charge in [0.25, 0.3) is 5.95 Å². The highest BCUT2D eigenvalue weighted by atomic mass is 16.6. The quantitative estimate of drug-likeness (QED) is 0.728. The molecule has 0 atom stereocenters. The molecule has 1 heterocycles. The van der Waals surface area contributed by atoms with E-state index in [0.29, 0.717) is 5.58 Å². The van der Waals surface area contributed by atoms with Crippen molar-refractivity contribution >= 4 is 33.8 Å². The fourth-order valence-electron chi connectivity index (χ4n) is 2.36. The first kappa shape index (κ1) is 16.8. The van der Waals surface area contributed by atoms with Crippen LogP contribution in [0, 0.1) is 0 Å². The van der Waals surface area contributed by atoms with Crippen molar-refractivity contribution in [3.05, 3.63) is 42.5 Å². The van der Waals surface area contributed by atoms with Crippen LogP contribution < -0.4 is 10.1 Å². The highest BCUT2D eigenvalue weighted by molar-refractivity contribution is 5.96. The Kier molecular flexibility index (Phi) is 4.35. The van der Waals surface area contributed by atoms with Crippen molar-refractivity contribution in [1.82, 2.24) is 5.32 Å². The second-order valence-corrected chi connectivity index (χ2v) is 6.63. The second-order valence-electron chi connectivity index (χ2n) is 6.63. The minimum atomic E-state index is -0.680. The minimum absolute atomic E-state index is 0.0845. The van der Waals surface area contributed by atoms with E-state index in [9.17, 15) is 9.59 Å². The van der Waals surface area contributed by atoms with Crippen molar-refractivity contribution in [2.24, 2.45) is 0 Å². The van der Waals surface area contributed by atoms with Gasteiger partial charge in [-0.3, -0.25) is 0 Å². The molecule has 0 aliphatic carbocycles. The number of alkyl carbamates (subject to hydrolysis) is 1. The molecule has 3 rings (SSSR count). The lowest BCUT2D eigenvalue weighted by Gasteiger charge is -2.19. The molecular formula is C19H19NO5. The largest absolute Gasteiger partial charge is 0.444 e. The third-order valence-electron chi connectivity index (χ3n) is 3.35. The maximum atomic E-state index is 11.8. The summed E-state index contributed by atoms with van der Waals surface area (Å²) in [5.41, 5.74) is -0.00375. The fourth-order valence-corrected chi connectivity index (χ4v) is 2.36. The molecule has 6 nitrogen and oxygen atoms in total. The molecule has 1 aromatic heterocycles. The Labute approximate surface area is 144 Å². The summed E-state index contributed by atoms with van der Waals surface area (Å²) in [5, 5.41) is 5.28. The third kappa shape index (κ3) is 4.29. The van der Waals surface area contributed by atoms with Crippen molar-refractivity contribution in [3.8, 4) is 5.95 Å². The molecule has 25 heavy (non-hydrogen) atoms. The number of hydrogen-bond donors (Lipinski definition) is 1. The first-order chi connectivity index (χ1) is 11.8. The summed E-state index contributed by atoms with van der Waals surface area (Å²) in [6.07, 6.45) is -0.680. The highest BCUT2D eigenvalue weighted by Gasteiger charge is 2.17. The summed E-state index contributed by atoms with van der Waals surface area (Å²) < 4.78 is 15.7. The van der Waals surface area contributed by atoms with E-state index in [0.717, 1.165) is 16.2 Å². The molecule has 0 saturated heterocycles. The van der Waals surface area contributed by atoms with Crippen LogP contribution in [0.3, 0.4) is 0 Å². The number of benzene rings is 2. The minimum Gasteiger partial charge on any atom is -0.444 e. The Balaban J connectivity index is 1.65. The molecule has 0 bridgehead atoms. The molecule has 1 amide bonds. The van der Waals surface area contributed by atoms with Gasteiger partial charge in [-0.25, -0.2) is 9.59 Å². The summed E-state index contributed by atoms with van der Waals surface area (Å²) in [7, 11) is 0. The number of carbonyl (C=O) groups excluding carboxylic acids is 2. The SMILES string of the molecule is CC(C)(C)OC(=O)NCC(=O)Oc1cc2cc3ccccc3cc2o1. The molecule has 1 N–H and O–H groups in total. The van der Waals surface area contributed by atoms with Gasteiger partial charge < -0.3 is 19.2 Å². The van der Waals surface area contributed by atoms with Crippen LogP contribution >= 0.6 is 0 Å². The molecule has 130 valence electrons. The van der Waals surface area contributed by atoms with Crippen molar-refractivity contribution in [2.75, 3.05) is 6.54 Å². The number of hydrogen-bond acceptors (Lipinski definition) is 5. The van der Waals surface area contributed by atoms with Crippen LogP contribution in [0.5, 0.6) is 5.95 Å². The van der Waals surface area contributed by atoms with Crippen LogP contribution in [0.25, 0.3) is 21.7 Å². The Hall–Kier alpha value is -3.02. The predicted molar refractivity (Wildman–Crippen MR) is 93.6 cm³/mol. The number of rotatable bonds is 3. The summed E-state index contributed by atoms with van der Waals surface area (Å²) in [4.78, 5) is 23.4. The van der Waals surface area contributed by atoms with E-state index in [1.165, 1.54) is 0 Å². The van der Waals surface area contributed by atoms with Crippen molar-refractivity contribution in [1.29, 1.82) is 0 Å². The summed E-state index contributed by atoms with van der Waals surface area (Å²) in [6.45, 7) is 4.91. The molecule has 0 fully saturated rings. The molecule has 0 spiro atoms. The Morgan fingerprint density at radius 3 is 2.40 bits per heavy atom. The van der Waals surface area contributed by atoms with Crippen LogP contribution in [-0.2, 0) is 9.53 Å². The molecule has 0 aliphatic rings. The lowest BCUT2D eigenvalue weighted by molar-refractivity contribution is -0.134. The average molecular weight is 341 g/mol. The van der Waals surface area contributed by atoms with Crippen LogP contribution in [-0.4, -0.2) is 24.2 Å². The van der Waals surface area contributed by atoms with Gasteiger partial charge in [-0.15, -0.1) is 0 Å². The molecule has 3 aromatic rings. The number of nitrogens with one attached hydrogen (secondary N) is 1. The van der Waals surface area contributed by atoms with Gasteiger partial charge in [0.1, 0.15) is 17.7 Å². The van der Waals surface area contributed by atoms with E-state index >= 15 is 0 Å². The van der Waals surface area contributed by atoms with Crippen molar-refractivity contribution in [3.63, 3.8) is 0 Å². The van der Waals surface area contributed by atoms with Crippen LogP contribution in [0.2, 0.25) is 0 Å². The fraction of sp³-hybridized carbons (Fsp3) is 0.263. The van der Waals surface area contributed by atoms with E-state index < -0.39 is 17.7 Å². The highest BCUT2D eigenvalue weighted by Crippen LogP contribution is 2.29. The zero-order chi connectivity index (χ0) is 18.0. The summed E-state index contributed by atoms with van der Waals surface area (Å²) >= 11 is 0. The summed E-state index contributed by atoms with van der Waals surface area (Å²) in [6, 6.07) is 13.4. The van der Waals surface area contributed by atoms with Gasteiger partial charge in [-0.05, 0) is 43.7 Å². The molecule has 0 radical (unpaired) electrons. The van der Waals surface area contributed by atoms with E-state index in [1.807, 2.05) is 36.4 Å². The second kappa shape index (κ2) is 6.47. The first-order valence-corrected chi connectivity index (χ1v) is 7.90. The topological polar surface area (TPSA) is 77.8 Å². The lowest BCUT2D eigenvalue weighted by Crippen LogP contribution is -2.36. The van der Waals surface area contributed by atoms with Gasteiger partial charge in [0.05, 0.1) is 0 Å². The monoisotopic (exact) mass is 341 g/mol. The zero-order valence-electron chi connectivity index (χ0n) is 14.3. The van der Waals surface area contributed by atoms with Crippen molar-refractivity contribution in [2.45, 2.75) is 26.4 Å². The van der Waals surface area contributed by atoms with Gasteiger partial charge in [0.2, 0.25) is 0 Å². The van der Waals surface area contributed by atoms with E-state index in [2.05, 4.69) is 5.32 Å². The van der Waals surface area contributed by atoms with Crippen LogP contribution in [0.4, 0.5) is 4.79 Å². The normalized spacial score (nSPS) is 11.5.